The van der Waals surface area contributed by atoms with Gasteiger partial charge < -0.3 is 50.4 Å². The first kappa shape index (κ1) is 44.0. The van der Waals surface area contributed by atoms with Gasteiger partial charge in [0.1, 0.15) is 35.9 Å². The molecule has 10 atom stereocenters. The van der Waals surface area contributed by atoms with Crippen LogP contribution in [0.1, 0.15) is 150 Å². The first-order valence-electron chi connectivity index (χ1n) is 26.1. The highest BCUT2D eigenvalue weighted by atomic mass is 16.7. The SMILES string of the molecule is Cc1cc(O)c2c(c1)C(=O)c1c(c3cc4c(nccc14)NC[C@H](O)[C@@]14CC5(CCCC5)C[C@H]1c1cc(C[C+]5C=N[CH+][N-]5)[n-]c1C1=C[C@@]5(O3)O[C@@]3(C1=C4C[C@@]1(CCC4(CCCC4)C1)[C@H]3O)[C@@H](O)[C@H](O)[C@H]5O)C2=O. The summed E-state index contributed by atoms with van der Waals surface area (Å²) in [6, 6.07) is 9.02. The summed E-state index contributed by atoms with van der Waals surface area (Å²) in [5.41, 5.74) is -0.255. The predicted molar refractivity (Wildman–Crippen MR) is 262 cm³/mol. The minimum absolute atomic E-state index is 0.00514. The van der Waals surface area contributed by atoms with E-state index in [0.717, 1.165) is 75.3 Å². The van der Waals surface area contributed by atoms with E-state index in [-0.39, 0.29) is 57.0 Å². The van der Waals surface area contributed by atoms with Gasteiger partial charge in [0, 0.05) is 40.1 Å². The number of hydrogen-bond donors (Lipinski definition) is 7. The summed E-state index contributed by atoms with van der Waals surface area (Å²) >= 11 is 0. The van der Waals surface area contributed by atoms with Crippen LogP contribution in [0.15, 0.2) is 58.7 Å². The molecule has 4 saturated carbocycles. The fourth-order valence-electron chi connectivity index (χ4n) is 17.4. The van der Waals surface area contributed by atoms with Crippen molar-refractivity contribution in [2.45, 2.75) is 151 Å². The van der Waals surface area contributed by atoms with Crippen LogP contribution in [0.5, 0.6) is 11.5 Å². The molecule has 5 aliphatic heterocycles. The number of aryl methyl sites for hydroxylation is 1. The molecule has 7 aliphatic carbocycles. The minimum Gasteiger partial charge on any atom is -0.657 e. The number of fused-ring (bicyclic) bond motifs is 7. The Labute approximate surface area is 415 Å². The number of phenolic OH excluding ortho intramolecular Hbond substituents is 1. The first-order valence-corrected chi connectivity index (χ1v) is 26.1. The van der Waals surface area contributed by atoms with Crippen LogP contribution < -0.4 is 15.0 Å². The molecule has 4 aromatic rings. The number of aromatic hydroxyl groups is 1. The van der Waals surface area contributed by atoms with E-state index in [4.69, 9.17) is 19.4 Å². The van der Waals surface area contributed by atoms with E-state index in [0.29, 0.717) is 82.8 Å². The quantitative estimate of drug-likeness (QED) is 0.0916. The highest BCUT2D eigenvalue weighted by molar-refractivity contribution is 6.34. The maximum Gasteiger partial charge on any atom is 0.301 e. The standard InChI is InChI=1S/C57H57N5O10/c1-27-14-33-40(37(63)15-27)46(66)42-38-18-31-30(41(42)45(33)65)6-13-59-50(31)60-23-39(64)55-25-53(9-4-5-10-53)20-35(55)32-17-28(16-29-22-58-26-61-29)62-44(32)34-19-56(71-38)48(68)47(67)49(69)57(72-56)43(34)36(55)21-54(51(57)70)12-11-52(24-54)7-2-3-8-52/h6,13-15,17-19,22,26,35,39,47-49,51,64,67-70H,2-5,7-12,16,20-21,23-25H2,1H3,(H,63,66)(H,59,60,65)/t35-,39-,47+,48+,49-,51+,54+,55-,56+,57-/m0/s1. The van der Waals surface area contributed by atoms with Gasteiger partial charge in [0.2, 0.25) is 5.78 Å². The number of carbonyl (C=O) groups excluding carboxylic acids is 2. The number of ketones is 2. The van der Waals surface area contributed by atoms with Crippen LogP contribution in [0, 0.1) is 41.3 Å². The summed E-state index contributed by atoms with van der Waals surface area (Å²) in [5.74, 6) is -4.33. The number of rotatable bonds is 2. The van der Waals surface area contributed by atoms with Gasteiger partial charge in [-0.1, -0.05) is 47.9 Å². The summed E-state index contributed by atoms with van der Waals surface area (Å²) in [4.78, 5) is 44.8. The molecule has 0 unspecified atom stereocenters. The van der Waals surface area contributed by atoms with E-state index in [1.807, 2.05) is 0 Å². The summed E-state index contributed by atoms with van der Waals surface area (Å²) in [7, 11) is 0. The van der Waals surface area contributed by atoms with Gasteiger partial charge in [0.15, 0.2) is 23.5 Å². The third-order valence-electron chi connectivity index (χ3n) is 20.2. The van der Waals surface area contributed by atoms with Crippen molar-refractivity contribution in [3.8, 4) is 11.5 Å². The number of nitrogens with one attached hydrogen (secondary N) is 1. The summed E-state index contributed by atoms with van der Waals surface area (Å²) in [6.07, 6.45) is 8.84. The van der Waals surface area contributed by atoms with Crippen LogP contribution in [0.3, 0.4) is 0 Å². The average molecular weight is 972 g/mol. The lowest BCUT2D eigenvalue weighted by atomic mass is 9.50. The van der Waals surface area contributed by atoms with Crippen LogP contribution >= 0.6 is 0 Å². The van der Waals surface area contributed by atoms with Crippen LogP contribution in [0.2, 0.25) is 0 Å². The zero-order valence-corrected chi connectivity index (χ0v) is 40.1. The number of ether oxygens (including phenoxy) is 2. The molecule has 16 rings (SSSR count). The number of aliphatic hydroxyl groups excluding tert-OH is 5. The Morgan fingerprint density at radius 3 is 2.46 bits per heavy atom. The van der Waals surface area contributed by atoms with Crippen molar-refractivity contribution in [3.63, 3.8) is 0 Å². The number of aliphatic hydroxyl groups is 5. The van der Waals surface area contributed by atoms with E-state index in [2.05, 4.69) is 21.7 Å². The Morgan fingerprint density at radius 1 is 0.889 bits per heavy atom. The Kier molecular flexibility index (Phi) is 8.80. The first-order chi connectivity index (χ1) is 34.6. The largest absolute Gasteiger partial charge is 0.657 e. The predicted octanol–water partition coefficient (Wildman–Crippen LogP) is 6.67. The molecular weight excluding hydrogens is 915 g/mol. The number of aliphatic imine (C=N–C) groups is 1. The number of carbonyl (C=O) groups is 2. The number of hydrogen-bond acceptors (Lipinski definition) is 13. The van der Waals surface area contributed by atoms with Gasteiger partial charge >= 0.3 is 6.21 Å². The van der Waals surface area contributed by atoms with E-state index in [1.54, 1.807) is 43.6 Å². The molecule has 2 aromatic carbocycles. The van der Waals surface area contributed by atoms with E-state index >= 15 is 9.59 Å². The minimum atomic E-state index is -2.46. The molecule has 8 bridgehead atoms. The molecule has 0 radical (unpaired) electrons. The molecule has 15 heteroatoms. The molecule has 7 heterocycles. The van der Waals surface area contributed by atoms with E-state index in [9.17, 15) is 30.6 Å². The molecule has 7 N–H and O–H groups in total. The maximum atomic E-state index is 15.2. The highest BCUT2D eigenvalue weighted by Gasteiger charge is 2.76. The number of nitrogens with zero attached hydrogens (tertiary/aromatic N) is 4. The molecule has 370 valence electrons. The van der Waals surface area contributed by atoms with Gasteiger partial charge in [-0.05, 0) is 140 Å². The Bertz CT molecular complexity index is 3220. The van der Waals surface area contributed by atoms with Gasteiger partial charge in [0.05, 0.1) is 30.0 Å². The third-order valence-corrected chi connectivity index (χ3v) is 20.2. The van der Waals surface area contributed by atoms with Crippen molar-refractivity contribution in [1.82, 2.24) is 9.97 Å². The lowest BCUT2D eigenvalue weighted by Crippen LogP contribution is -2.79. The molecule has 0 amide bonds. The topological polar surface area (TPSA) is 239 Å². The number of benzene rings is 2. The van der Waals surface area contributed by atoms with Gasteiger partial charge in [-0.15, -0.1) is 11.4 Å². The molecule has 5 fully saturated rings. The van der Waals surface area contributed by atoms with Crippen molar-refractivity contribution in [2.24, 2.45) is 26.7 Å². The number of phenols is 1. The summed E-state index contributed by atoms with van der Waals surface area (Å²) < 4.78 is 14.7. The molecule has 6 spiro atoms. The smallest absolute Gasteiger partial charge is 0.301 e. The van der Waals surface area contributed by atoms with Crippen molar-refractivity contribution in [3.05, 3.63) is 117 Å². The van der Waals surface area contributed by atoms with E-state index in [1.165, 1.54) is 12.7 Å². The fourth-order valence-corrected chi connectivity index (χ4v) is 17.4. The van der Waals surface area contributed by atoms with Crippen LogP contribution in [0.4, 0.5) is 5.82 Å². The van der Waals surface area contributed by atoms with Crippen LogP contribution in [-0.2, 0) is 11.2 Å². The van der Waals surface area contributed by atoms with Crippen molar-refractivity contribution < 1.29 is 49.7 Å². The second-order valence-corrected chi connectivity index (χ2v) is 23.9. The summed E-state index contributed by atoms with van der Waals surface area (Å²) in [6.45, 7) is 3.23. The number of anilines is 1. The maximum absolute atomic E-state index is 15.2. The second kappa shape index (κ2) is 14.4. The molecule has 15 nitrogen and oxygen atoms in total. The third kappa shape index (κ3) is 5.39. The normalized spacial score (nSPS) is 37.0. The Hall–Kier alpha value is -5.52. The second-order valence-electron chi connectivity index (χ2n) is 23.9. The van der Waals surface area contributed by atoms with Gasteiger partial charge in [-0.25, -0.2) is 4.98 Å². The molecule has 2 aromatic heterocycles. The lowest BCUT2D eigenvalue weighted by Gasteiger charge is -2.64. The van der Waals surface area contributed by atoms with Gasteiger partial charge in [-0.3, -0.25) is 14.9 Å². The fraction of sp³-hybridized carbons (Fsp3) is 0.509. The summed E-state index contributed by atoms with van der Waals surface area (Å²) in [5, 5.41) is 86.7. The molecular formula is C57H57N5O10. The van der Waals surface area contributed by atoms with Crippen molar-refractivity contribution in [2.75, 3.05) is 11.9 Å². The molecule has 12 aliphatic rings. The Morgan fingerprint density at radius 2 is 1.68 bits per heavy atom. The van der Waals surface area contributed by atoms with Gasteiger partial charge in [0.25, 0.3) is 5.79 Å². The number of pyridine rings is 1. The lowest BCUT2D eigenvalue weighted by molar-refractivity contribution is -0.366. The van der Waals surface area contributed by atoms with Crippen LogP contribution in [-0.4, -0.2) is 102 Å². The van der Waals surface area contributed by atoms with E-state index < -0.39 is 64.3 Å². The van der Waals surface area contributed by atoms with Gasteiger partial charge in [-0.2, -0.15) is 0 Å². The Balaban J connectivity index is 1.06. The zero-order valence-electron chi connectivity index (χ0n) is 40.1. The number of aromatic nitrogens is 2. The molecule has 1 saturated heterocycles. The highest BCUT2D eigenvalue weighted by Crippen LogP contribution is 2.76. The van der Waals surface area contributed by atoms with Crippen molar-refractivity contribution >= 4 is 39.9 Å². The van der Waals surface area contributed by atoms with Crippen LogP contribution in [0.25, 0.3) is 21.7 Å². The van der Waals surface area contributed by atoms with Crippen molar-refractivity contribution in [1.29, 1.82) is 0 Å². The monoisotopic (exact) mass is 971 g/mol. The average Bonchev–Trinajstić information content (AvgIpc) is 4.25. The zero-order chi connectivity index (χ0) is 49.1. The molecule has 72 heavy (non-hydrogen) atoms.